The second-order valence-electron chi connectivity index (χ2n) is 3.84. The Hall–Kier alpha value is -1.50. The molecule has 2 heterocycles. The number of aromatic nitrogens is 2. The lowest BCUT2D eigenvalue weighted by Gasteiger charge is -2.22. The zero-order chi connectivity index (χ0) is 12.3. The molecule has 0 amide bonds. The van der Waals surface area contributed by atoms with Crippen molar-refractivity contribution in [2.24, 2.45) is 0 Å². The van der Waals surface area contributed by atoms with Gasteiger partial charge in [-0.1, -0.05) is 0 Å². The summed E-state index contributed by atoms with van der Waals surface area (Å²) in [6, 6.07) is 1.53. The minimum atomic E-state index is -1.07. The number of carbonyl (C=O) groups is 1. The molecule has 1 aromatic heterocycles. The van der Waals surface area contributed by atoms with E-state index >= 15 is 0 Å². The smallest absolute Gasteiger partial charge is 0.354 e. The molecule has 1 fully saturated rings. The molecule has 0 saturated carbocycles. The van der Waals surface area contributed by atoms with Gasteiger partial charge in [0.25, 0.3) is 0 Å². The van der Waals surface area contributed by atoms with Gasteiger partial charge in [0.1, 0.15) is 0 Å². The van der Waals surface area contributed by atoms with Gasteiger partial charge in [0, 0.05) is 34.5 Å². The Morgan fingerprint density at radius 2 is 2.18 bits per heavy atom. The Labute approximate surface area is 101 Å². The van der Waals surface area contributed by atoms with Crippen LogP contribution in [0, 0.1) is 0 Å². The summed E-state index contributed by atoms with van der Waals surface area (Å²) in [5, 5.41) is 11.9. The van der Waals surface area contributed by atoms with Crippen LogP contribution in [0.15, 0.2) is 12.3 Å². The summed E-state index contributed by atoms with van der Waals surface area (Å²) in [4.78, 5) is 18.6. The Morgan fingerprint density at radius 1 is 1.47 bits per heavy atom. The normalized spacial score (nSPS) is 24.2. The summed E-state index contributed by atoms with van der Waals surface area (Å²) < 4.78 is 11.2. The van der Waals surface area contributed by atoms with Gasteiger partial charge in [-0.05, 0) is 18.9 Å². The van der Waals surface area contributed by atoms with Gasteiger partial charge in [0.15, 0.2) is 5.69 Å². The standard InChI is InChI=1S/C10H13N3O3S/c14-9(15)8-1-4-11-10(13-8)12-7-2-5-17(16)6-3-7/h1,4,7H,2-3,5-6H2,(H,14,15)(H,11,12,13). The molecule has 17 heavy (non-hydrogen) atoms. The molecule has 0 radical (unpaired) electrons. The SMILES string of the molecule is O=C(O)c1ccnc(NC2CCS(=O)CC2)n1. The zero-order valence-electron chi connectivity index (χ0n) is 9.13. The molecule has 1 saturated heterocycles. The van der Waals surface area contributed by atoms with Crippen molar-refractivity contribution in [3.05, 3.63) is 18.0 Å². The van der Waals surface area contributed by atoms with E-state index in [9.17, 15) is 9.00 Å². The van der Waals surface area contributed by atoms with E-state index in [0.29, 0.717) is 17.5 Å². The predicted molar refractivity (Wildman–Crippen MR) is 63.5 cm³/mol. The number of nitrogens with zero attached hydrogens (tertiary/aromatic N) is 2. The molecule has 0 spiro atoms. The number of carboxylic acid groups (broad SMARTS) is 1. The molecule has 1 aliphatic rings. The first-order valence-electron chi connectivity index (χ1n) is 5.33. The maximum Gasteiger partial charge on any atom is 0.354 e. The zero-order valence-corrected chi connectivity index (χ0v) is 9.94. The monoisotopic (exact) mass is 255 g/mol. The predicted octanol–water partition coefficient (Wildman–Crippen LogP) is 0.498. The van der Waals surface area contributed by atoms with E-state index in [4.69, 9.17) is 5.11 Å². The summed E-state index contributed by atoms with van der Waals surface area (Å²) in [5.74, 6) is 0.606. The molecule has 92 valence electrons. The quantitative estimate of drug-likeness (QED) is 0.817. The van der Waals surface area contributed by atoms with Crippen molar-refractivity contribution in [1.82, 2.24) is 9.97 Å². The Kier molecular flexibility index (Phi) is 3.68. The summed E-state index contributed by atoms with van der Waals surface area (Å²) in [5.41, 5.74) is -0.0260. The van der Waals surface area contributed by atoms with Crippen LogP contribution in [0.3, 0.4) is 0 Å². The maximum absolute atomic E-state index is 11.2. The van der Waals surface area contributed by atoms with Crippen LogP contribution in [0.2, 0.25) is 0 Å². The number of anilines is 1. The molecular weight excluding hydrogens is 242 g/mol. The Morgan fingerprint density at radius 3 is 2.82 bits per heavy atom. The summed E-state index contributed by atoms with van der Waals surface area (Å²) in [6.07, 6.45) is 3.01. The van der Waals surface area contributed by atoms with Gasteiger partial charge in [-0.15, -0.1) is 0 Å². The number of rotatable bonds is 3. The average Bonchev–Trinajstić information content (AvgIpc) is 2.32. The van der Waals surface area contributed by atoms with Crippen molar-refractivity contribution in [1.29, 1.82) is 0 Å². The molecule has 2 rings (SSSR count). The third kappa shape index (κ3) is 3.23. The fraction of sp³-hybridized carbons (Fsp3) is 0.500. The van der Waals surface area contributed by atoms with Crippen LogP contribution < -0.4 is 5.32 Å². The van der Waals surface area contributed by atoms with Crippen LogP contribution in [0.1, 0.15) is 23.3 Å². The molecule has 1 aliphatic heterocycles. The highest BCUT2D eigenvalue weighted by Crippen LogP contribution is 2.13. The second kappa shape index (κ2) is 5.22. The van der Waals surface area contributed by atoms with Crippen LogP contribution in [0.25, 0.3) is 0 Å². The highest BCUT2D eigenvalue weighted by molar-refractivity contribution is 7.85. The number of hydrogen-bond donors (Lipinski definition) is 2. The van der Waals surface area contributed by atoms with E-state index in [1.54, 1.807) is 0 Å². The first-order chi connectivity index (χ1) is 8.15. The van der Waals surface area contributed by atoms with E-state index in [1.807, 2.05) is 0 Å². The van der Waals surface area contributed by atoms with Gasteiger partial charge in [-0.25, -0.2) is 14.8 Å². The third-order valence-corrected chi connectivity index (χ3v) is 3.98. The van der Waals surface area contributed by atoms with E-state index < -0.39 is 16.8 Å². The third-order valence-electron chi connectivity index (χ3n) is 2.60. The Bertz CT molecular complexity index is 442. The molecule has 2 N–H and O–H groups in total. The van der Waals surface area contributed by atoms with Crippen molar-refractivity contribution in [3.63, 3.8) is 0 Å². The molecule has 1 aromatic rings. The van der Waals surface area contributed by atoms with Crippen molar-refractivity contribution in [2.75, 3.05) is 16.8 Å². The minimum Gasteiger partial charge on any atom is -0.477 e. The lowest BCUT2D eigenvalue weighted by atomic mass is 10.2. The van der Waals surface area contributed by atoms with Crippen LogP contribution in [-0.4, -0.2) is 42.8 Å². The number of carboxylic acids is 1. The van der Waals surface area contributed by atoms with Gasteiger partial charge in [0.05, 0.1) is 0 Å². The van der Waals surface area contributed by atoms with Crippen molar-refractivity contribution in [3.8, 4) is 0 Å². The molecule has 0 unspecified atom stereocenters. The topological polar surface area (TPSA) is 92.2 Å². The largest absolute Gasteiger partial charge is 0.477 e. The van der Waals surface area contributed by atoms with E-state index in [0.717, 1.165) is 12.8 Å². The molecule has 0 aliphatic carbocycles. The van der Waals surface area contributed by atoms with Crippen molar-refractivity contribution >= 4 is 22.7 Å². The highest BCUT2D eigenvalue weighted by Gasteiger charge is 2.18. The van der Waals surface area contributed by atoms with Gasteiger partial charge >= 0.3 is 5.97 Å². The van der Waals surface area contributed by atoms with Gasteiger partial charge in [-0.2, -0.15) is 0 Å². The molecular formula is C10H13N3O3S. The van der Waals surface area contributed by atoms with Crippen molar-refractivity contribution in [2.45, 2.75) is 18.9 Å². The summed E-state index contributed by atoms with van der Waals surface area (Å²) in [6.45, 7) is 0. The minimum absolute atomic E-state index is 0.0260. The van der Waals surface area contributed by atoms with Gasteiger partial charge in [-0.3, -0.25) is 4.21 Å². The van der Waals surface area contributed by atoms with Crippen LogP contribution >= 0.6 is 0 Å². The summed E-state index contributed by atoms with van der Waals surface area (Å²) in [7, 11) is -0.706. The summed E-state index contributed by atoms with van der Waals surface area (Å²) >= 11 is 0. The molecule has 0 atom stereocenters. The van der Waals surface area contributed by atoms with Gasteiger partial charge in [0.2, 0.25) is 5.95 Å². The van der Waals surface area contributed by atoms with Gasteiger partial charge < -0.3 is 10.4 Å². The fourth-order valence-corrected chi connectivity index (χ4v) is 2.97. The first-order valence-corrected chi connectivity index (χ1v) is 6.82. The highest BCUT2D eigenvalue weighted by atomic mass is 32.2. The second-order valence-corrected chi connectivity index (χ2v) is 5.53. The maximum atomic E-state index is 11.2. The number of aromatic carboxylic acids is 1. The molecule has 0 aromatic carbocycles. The average molecular weight is 255 g/mol. The van der Waals surface area contributed by atoms with E-state index in [-0.39, 0.29) is 11.7 Å². The molecule has 0 bridgehead atoms. The van der Waals surface area contributed by atoms with E-state index in [1.165, 1.54) is 12.3 Å². The van der Waals surface area contributed by atoms with Crippen molar-refractivity contribution < 1.29 is 14.1 Å². The molecule has 6 nitrogen and oxygen atoms in total. The Balaban J connectivity index is 2.01. The number of nitrogens with one attached hydrogen (secondary N) is 1. The first kappa shape index (κ1) is 12.0. The van der Waals surface area contributed by atoms with Crippen LogP contribution in [-0.2, 0) is 10.8 Å². The van der Waals surface area contributed by atoms with Crippen LogP contribution in [0.5, 0.6) is 0 Å². The van der Waals surface area contributed by atoms with E-state index in [2.05, 4.69) is 15.3 Å². The number of hydrogen-bond acceptors (Lipinski definition) is 5. The lowest BCUT2D eigenvalue weighted by molar-refractivity contribution is 0.0690. The van der Waals surface area contributed by atoms with Crippen LogP contribution in [0.4, 0.5) is 5.95 Å². The fourth-order valence-electron chi connectivity index (χ4n) is 1.67. The lowest BCUT2D eigenvalue weighted by Crippen LogP contribution is -2.30. The molecule has 7 heteroatoms.